The summed E-state index contributed by atoms with van der Waals surface area (Å²) in [4.78, 5) is 17.2. The minimum atomic E-state index is 0.707. The number of nitrogens with one attached hydrogen (secondary N) is 1. The van der Waals surface area contributed by atoms with Crippen LogP contribution in [-0.2, 0) is 0 Å². The van der Waals surface area contributed by atoms with Gasteiger partial charge in [0.2, 0.25) is 0 Å². The number of aromatic nitrogens is 3. The van der Waals surface area contributed by atoms with Gasteiger partial charge in [0.25, 0.3) is 0 Å². The molecular weight excluding hydrogens is 374 g/mol. The van der Waals surface area contributed by atoms with Crippen LogP contribution in [0.1, 0.15) is 0 Å². The predicted molar refractivity (Wildman–Crippen MR) is 114 cm³/mol. The number of anilines is 2. The molecule has 0 atom stereocenters. The third-order valence-corrected chi connectivity index (χ3v) is 5.56. The number of nitrogens with zero attached hydrogens (tertiary/aromatic N) is 4. The minimum absolute atomic E-state index is 0.707. The third kappa shape index (κ3) is 2.81. The molecule has 7 heteroatoms. The first-order valence-electron chi connectivity index (χ1n) is 9.29. The average Bonchev–Trinajstić information content (AvgIpc) is 3.12. The Morgan fingerprint density at radius 2 is 1.79 bits per heavy atom. The molecule has 5 rings (SSSR count). The van der Waals surface area contributed by atoms with Crippen molar-refractivity contribution in [1.82, 2.24) is 15.0 Å². The van der Waals surface area contributed by atoms with E-state index in [0.29, 0.717) is 5.02 Å². The molecule has 1 saturated heterocycles. The lowest BCUT2D eigenvalue weighted by atomic mass is 10.2. The van der Waals surface area contributed by atoms with E-state index in [0.717, 1.165) is 65.4 Å². The van der Waals surface area contributed by atoms with E-state index >= 15 is 0 Å². The Morgan fingerprint density at radius 3 is 2.61 bits per heavy atom. The molecule has 3 heterocycles. The summed E-state index contributed by atoms with van der Waals surface area (Å²) in [5.74, 6) is 1.85. The minimum Gasteiger partial charge on any atom is -0.495 e. The Labute approximate surface area is 167 Å². The second-order valence-electron chi connectivity index (χ2n) is 6.88. The van der Waals surface area contributed by atoms with Crippen molar-refractivity contribution in [2.24, 2.45) is 0 Å². The van der Waals surface area contributed by atoms with Gasteiger partial charge in [-0.2, -0.15) is 0 Å². The first kappa shape index (κ1) is 17.1. The van der Waals surface area contributed by atoms with Crippen LogP contribution in [0.4, 0.5) is 11.5 Å². The molecule has 6 nitrogen and oxygen atoms in total. The van der Waals surface area contributed by atoms with Gasteiger partial charge in [0, 0.05) is 42.1 Å². The quantitative estimate of drug-likeness (QED) is 0.568. The molecule has 2 aromatic heterocycles. The highest BCUT2D eigenvalue weighted by molar-refractivity contribution is 6.31. The van der Waals surface area contributed by atoms with Crippen LogP contribution in [0.2, 0.25) is 5.02 Å². The van der Waals surface area contributed by atoms with Crippen molar-refractivity contribution >= 4 is 45.0 Å². The molecule has 0 aliphatic carbocycles. The van der Waals surface area contributed by atoms with Gasteiger partial charge in [-0.15, -0.1) is 0 Å². The van der Waals surface area contributed by atoms with Gasteiger partial charge in [0.15, 0.2) is 5.82 Å². The maximum absolute atomic E-state index is 6.18. The highest BCUT2D eigenvalue weighted by Crippen LogP contribution is 2.33. The van der Waals surface area contributed by atoms with Crippen LogP contribution in [-0.4, -0.2) is 48.2 Å². The number of hydrogen-bond acceptors (Lipinski definition) is 5. The molecule has 0 unspecified atom stereocenters. The topological polar surface area (TPSA) is 57.3 Å². The van der Waals surface area contributed by atoms with E-state index in [1.165, 1.54) is 0 Å². The van der Waals surface area contributed by atoms with E-state index in [2.05, 4.69) is 30.8 Å². The van der Waals surface area contributed by atoms with Crippen LogP contribution in [0.5, 0.6) is 5.75 Å². The fourth-order valence-corrected chi connectivity index (χ4v) is 4.11. The van der Waals surface area contributed by atoms with E-state index in [1.807, 2.05) is 36.4 Å². The molecule has 0 radical (unpaired) electrons. The monoisotopic (exact) mass is 393 g/mol. The second kappa shape index (κ2) is 6.87. The summed E-state index contributed by atoms with van der Waals surface area (Å²) in [6.07, 6.45) is 1.64. The van der Waals surface area contributed by atoms with Crippen LogP contribution in [0.3, 0.4) is 0 Å². The smallest absolute Gasteiger partial charge is 0.156 e. The third-order valence-electron chi connectivity index (χ3n) is 5.33. The summed E-state index contributed by atoms with van der Waals surface area (Å²) in [6.45, 7) is 3.55. The molecule has 0 amide bonds. The Bertz CT molecular complexity index is 1150. The lowest BCUT2D eigenvalue weighted by Gasteiger charge is -2.37. The van der Waals surface area contributed by atoms with Gasteiger partial charge in [-0.05, 0) is 30.3 Å². The number of benzene rings is 2. The molecule has 0 bridgehead atoms. The number of aromatic amines is 1. The Hall–Kier alpha value is -2.99. The second-order valence-corrected chi connectivity index (χ2v) is 7.32. The summed E-state index contributed by atoms with van der Waals surface area (Å²) in [7, 11) is 1.72. The number of para-hydroxylation sites is 2. The van der Waals surface area contributed by atoms with E-state index in [9.17, 15) is 0 Å². The number of halogens is 1. The summed E-state index contributed by atoms with van der Waals surface area (Å²) in [6, 6.07) is 14.0. The number of fused-ring (bicyclic) bond motifs is 3. The lowest BCUT2D eigenvalue weighted by molar-refractivity contribution is 0.413. The summed E-state index contributed by atoms with van der Waals surface area (Å²) >= 11 is 6.18. The van der Waals surface area contributed by atoms with Crippen molar-refractivity contribution in [3.05, 3.63) is 53.8 Å². The van der Waals surface area contributed by atoms with Crippen molar-refractivity contribution in [3.8, 4) is 5.75 Å². The molecule has 0 saturated carbocycles. The number of ether oxygens (including phenoxy) is 1. The first-order valence-corrected chi connectivity index (χ1v) is 9.67. The number of piperazine rings is 1. The van der Waals surface area contributed by atoms with E-state index < -0.39 is 0 Å². The molecule has 2 aromatic carbocycles. The van der Waals surface area contributed by atoms with Crippen molar-refractivity contribution < 1.29 is 4.74 Å². The molecule has 1 aliphatic rings. The van der Waals surface area contributed by atoms with Crippen LogP contribution < -0.4 is 14.5 Å². The lowest BCUT2D eigenvalue weighted by Crippen LogP contribution is -2.47. The van der Waals surface area contributed by atoms with Crippen LogP contribution in [0, 0.1) is 0 Å². The van der Waals surface area contributed by atoms with Gasteiger partial charge in [-0.25, -0.2) is 9.97 Å². The molecule has 28 heavy (non-hydrogen) atoms. The SMILES string of the molecule is COc1ccccc1N1CCN(c2ncnc3c2[nH]c2ccc(Cl)cc23)CC1. The predicted octanol–water partition coefficient (Wildman–Crippen LogP) is 4.10. The van der Waals surface area contributed by atoms with Crippen molar-refractivity contribution in [3.63, 3.8) is 0 Å². The molecule has 1 N–H and O–H groups in total. The summed E-state index contributed by atoms with van der Waals surface area (Å²) < 4.78 is 5.52. The molecule has 142 valence electrons. The first-order chi connectivity index (χ1) is 13.7. The van der Waals surface area contributed by atoms with Gasteiger partial charge in [-0.1, -0.05) is 23.7 Å². The van der Waals surface area contributed by atoms with Gasteiger partial charge in [0.1, 0.15) is 23.1 Å². The molecule has 0 spiro atoms. The number of rotatable bonds is 3. The van der Waals surface area contributed by atoms with Crippen LogP contribution in [0.15, 0.2) is 48.8 Å². The zero-order valence-corrected chi connectivity index (χ0v) is 16.3. The molecule has 4 aromatic rings. The van der Waals surface area contributed by atoms with E-state index in [4.69, 9.17) is 16.3 Å². The maximum Gasteiger partial charge on any atom is 0.156 e. The van der Waals surface area contributed by atoms with Crippen LogP contribution >= 0.6 is 11.6 Å². The molecule has 1 aliphatic heterocycles. The average molecular weight is 394 g/mol. The van der Waals surface area contributed by atoms with Gasteiger partial charge in [-0.3, -0.25) is 0 Å². The highest BCUT2D eigenvalue weighted by Gasteiger charge is 2.23. The van der Waals surface area contributed by atoms with Gasteiger partial charge in [0.05, 0.1) is 12.8 Å². The highest BCUT2D eigenvalue weighted by atomic mass is 35.5. The van der Waals surface area contributed by atoms with Gasteiger partial charge >= 0.3 is 0 Å². The van der Waals surface area contributed by atoms with E-state index in [1.54, 1.807) is 13.4 Å². The zero-order valence-electron chi connectivity index (χ0n) is 15.5. The Morgan fingerprint density at radius 1 is 1.00 bits per heavy atom. The molecule has 1 fully saturated rings. The Kier molecular flexibility index (Phi) is 4.20. The van der Waals surface area contributed by atoms with Crippen molar-refractivity contribution in [2.75, 3.05) is 43.1 Å². The molecular formula is C21H20ClN5O. The Balaban J connectivity index is 1.45. The van der Waals surface area contributed by atoms with Crippen molar-refractivity contribution in [1.29, 1.82) is 0 Å². The standard InChI is InChI=1S/C21H20ClN5O/c1-28-18-5-3-2-4-17(18)26-8-10-27(11-9-26)21-20-19(23-13-24-21)15-12-14(22)6-7-16(15)25-20/h2-7,12-13,25H,8-11H2,1H3. The number of methoxy groups -OCH3 is 1. The fraction of sp³-hybridized carbons (Fsp3) is 0.238. The van der Waals surface area contributed by atoms with Gasteiger partial charge < -0.3 is 19.5 Å². The summed E-state index contributed by atoms with van der Waals surface area (Å²) in [5, 5.41) is 1.73. The fourth-order valence-electron chi connectivity index (χ4n) is 3.94. The maximum atomic E-state index is 6.18. The number of H-pyrrole nitrogens is 1. The summed E-state index contributed by atoms with van der Waals surface area (Å²) in [5.41, 5.74) is 4.03. The number of hydrogen-bond donors (Lipinski definition) is 1. The van der Waals surface area contributed by atoms with E-state index in [-0.39, 0.29) is 0 Å². The zero-order chi connectivity index (χ0) is 19.1. The van der Waals surface area contributed by atoms with Crippen LogP contribution in [0.25, 0.3) is 21.9 Å². The largest absolute Gasteiger partial charge is 0.495 e. The normalized spacial score (nSPS) is 14.8. The van der Waals surface area contributed by atoms with Crippen molar-refractivity contribution in [2.45, 2.75) is 0 Å².